The van der Waals surface area contributed by atoms with Crippen molar-refractivity contribution in [1.29, 1.82) is 0 Å². The maximum atomic E-state index is 11.2. The molecule has 1 amide bonds. The van der Waals surface area contributed by atoms with Gasteiger partial charge in [0.25, 0.3) is 0 Å². The third-order valence-corrected chi connectivity index (χ3v) is 3.65. The summed E-state index contributed by atoms with van der Waals surface area (Å²) in [5.74, 6) is -0.179. The lowest BCUT2D eigenvalue weighted by Gasteiger charge is -2.10. The van der Waals surface area contributed by atoms with Crippen LogP contribution in [0.15, 0.2) is 18.2 Å². The fourth-order valence-electron chi connectivity index (χ4n) is 1.26. The predicted molar refractivity (Wildman–Crippen MR) is 68.7 cm³/mol. The number of halogens is 1. The first-order chi connectivity index (χ1) is 7.84. The van der Waals surface area contributed by atoms with E-state index in [2.05, 4.69) is 10.0 Å². The zero-order valence-corrected chi connectivity index (χ0v) is 11.0. The average molecular weight is 277 g/mol. The molecule has 0 bridgehead atoms. The molecule has 0 radical (unpaired) electrons. The molecule has 0 aliphatic rings. The van der Waals surface area contributed by atoms with Crippen LogP contribution in [0.25, 0.3) is 0 Å². The van der Waals surface area contributed by atoms with Crippen molar-refractivity contribution in [3.05, 3.63) is 23.8 Å². The molecule has 0 unspecified atom stereocenters. The smallest absolute Gasteiger partial charge is 0.246 e. The molecule has 1 rings (SSSR count). The standard InChI is InChI=1S/C10H13ClN2O3S/c1-7-5-9(13-17(15,16)6-11)3-4-10(7)12-8(2)14/h3-5,13H,6H2,1-2H3,(H,12,14). The Bertz CT molecular complexity index is 528. The third-order valence-electron chi connectivity index (χ3n) is 1.95. The Morgan fingerprint density at radius 3 is 2.53 bits per heavy atom. The first-order valence-electron chi connectivity index (χ1n) is 4.79. The van der Waals surface area contributed by atoms with Crippen LogP contribution < -0.4 is 10.0 Å². The molecule has 17 heavy (non-hydrogen) atoms. The maximum absolute atomic E-state index is 11.2. The Kier molecular flexibility index (Phi) is 4.36. The molecule has 0 spiro atoms. The number of anilines is 2. The molecule has 0 heterocycles. The first-order valence-corrected chi connectivity index (χ1v) is 6.97. The lowest BCUT2D eigenvalue weighted by molar-refractivity contribution is -0.114. The minimum Gasteiger partial charge on any atom is -0.326 e. The number of hydrogen-bond acceptors (Lipinski definition) is 3. The van der Waals surface area contributed by atoms with Gasteiger partial charge >= 0.3 is 0 Å². The van der Waals surface area contributed by atoms with Crippen LogP contribution in [0.3, 0.4) is 0 Å². The van der Waals surface area contributed by atoms with E-state index < -0.39 is 15.2 Å². The fraction of sp³-hybridized carbons (Fsp3) is 0.300. The molecule has 1 aromatic rings. The SMILES string of the molecule is CC(=O)Nc1ccc(NS(=O)(=O)CCl)cc1C. The molecule has 7 heteroatoms. The molecule has 5 nitrogen and oxygen atoms in total. The molecular formula is C10H13ClN2O3S. The minimum absolute atomic E-state index is 0.179. The number of alkyl halides is 1. The summed E-state index contributed by atoms with van der Waals surface area (Å²) in [6, 6.07) is 4.81. The Balaban J connectivity index is 2.93. The summed E-state index contributed by atoms with van der Waals surface area (Å²) in [6.07, 6.45) is 0. The molecule has 0 aliphatic carbocycles. The van der Waals surface area contributed by atoms with Gasteiger partial charge in [-0.15, -0.1) is 11.6 Å². The van der Waals surface area contributed by atoms with Gasteiger partial charge in [0, 0.05) is 18.3 Å². The van der Waals surface area contributed by atoms with Crippen molar-refractivity contribution < 1.29 is 13.2 Å². The molecule has 0 atom stereocenters. The molecule has 0 aliphatic heterocycles. The van der Waals surface area contributed by atoms with E-state index in [9.17, 15) is 13.2 Å². The van der Waals surface area contributed by atoms with Crippen LogP contribution in [-0.2, 0) is 14.8 Å². The highest BCUT2D eigenvalue weighted by molar-refractivity contribution is 7.93. The number of rotatable bonds is 4. The second-order valence-corrected chi connectivity index (χ2v) is 5.84. The Hall–Kier alpha value is -1.27. The number of carbonyl (C=O) groups is 1. The third kappa shape index (κ3) is 4.24. The van der Waals surface area contributed by atoms with Gasteiger partial charge in [0.2, 0.25) is 15.9 Å². The van der Waals surface area contributed by atoms with Crippen LogP contribution in [0.5, 0.6) is 0 Å². The van der Waals surface area contributed by atoms with Crippen LogP contribution in [0.2, 0.25) is 0 Å². The topological polar surface area (TPSA) is 75.3 Å². The van der Waals surface area contributed by atoms with Gasteiger partial charge in [0.05, 0.1) is 0 Å². The molecule has 2 N–H and O–H groups in total. The van der Waals surface area contributed by atoms with Gasteiger partial charge < -0.3 is 5.32 Å². The molecule has 1 aromatic carbocycles. The number of carbonyl (C=O) groups excluding carboxylic acids is 1. The number of amides is 1. The van der Waals surface area contributed by atoms with Crippen LogP contribution in [0.1, 0.15) is 12.5 Å². The summed E-state index contributed by atoms with van der Waals surface area (Å²) in [5.41, 5.74) is 1.82. The zero-order chi connectivity index (χ0) is 13.1. The maximum Gasteiger partial charge on any atom is 0.246 e. The minimum atomic E-state index is -3.50. The van der Waals surface area contributed by atoms with Gasteiger partial charge in [-0.1, -0.05) is 0 Å². The van der Waals surface area contributed by atoms with Crippen molar-refractivity contribution in [3.8, 4) is 0 Å². The van der Waals surface area contributed by atoms with E-state index in [1.54, 1.807) is 25.1 Å². The molecule has 94 valence electrons. The number of benzene rings is 1. The van der Waals surface area contributed by atoms with Gasteiger partial charge in [-0.2, -0.15) is 0 Å². The summed E-state index contributed by atoms with van der Waals surface area (Å²) < 4.78 is 24.8. The van der Waals surface area contributed by atoms with E-state index in [4.69, 9.17) is 11.6 Å². The average Bonchev–Trinajstić information content (AvgIpc) is 2.21. The molecule has 0 fully saturated rings. The summed E-state index contributed by atoms with van der Waals surface area (Å²) >= 11 is 5.28. The molecule has 0 saturated heterocycles. The Morgan fingerprint density at radius 2 is 2.06 bits per heavy atom. The van der Waals surface area contributed by atoms with E-state index in [0.717, 1.165) is 5.56 Å². The summed E-state index contributed by atoms with van der Waals surface area (Å²) in [7, 11) is -3.50. The number of hydrogen-bond donors (Lipinski definition) is 2. The van der Waals surface area contributed by atoms with E-state index in [1.165, 1.54) is 6.92 Å². The van der Waals surface area contributed by atoms with Gasteiger partial charge in [-0.3, -0.25) is 9.52 Å². The van der Waals surface area contributed by atoms with E-state index in [-0.39, 0.29) is 5.91 Å². The second kappa shape index (κ2) is 5.37. The van der Waals surface area contributed by atoms with Crippen molar-refractivity contribution >= 4 is 38.9 Å². The van der Waals surface area contributed by atoms with Crippen molar-refractivity contribution in [2.75, 3.05) is 15.3 Å². The van der Waals surface area contributed by atoms with Crippen LogP contribution in [0, 0.1) is 6.92 Å². The van der Waals surface area contributed by atoms with E-state index >= 15 is 0 Å². The monoisotopic (exact) mass is 276 g/mol. The van der Waals surface area contributed by atoms with Crippen LogP contribution in [-0.4, -0.2) is 19.5 Å². The van der Waals surface area contributed by atoms with Crippen molar-refractivity contribution in [2.24, 2.45) is 0 Å². The lowest BCUT2D eigenvalue weighted by atomic mass is 10.2. The van der Waals surface area contributed by atoms with Gasteiger partial charge in [0.15, 0.2) is 0 Å². The summed E-state index contributed by atoms with van der Waals surface area (Å²) in [6.45, 7) is 3.17. The highest BCUT2D eigenvalue weighted by Crippen LogP contribution is 2.20. The van der Waals surface area contributed by atoms with Crippen LogP contribution >= 0.6 is 11.6 Å². The zero-order valence-electron chi connectivity index (χ0n) is 9.45. The Labute approximate surface area is 105 Å². The fourth-order valence-corrected chi connectivity index (χ4v) is 1.97. The summed E-state index contributed by atoms with van der Waals surface area (Å²) in [5, 5.41) is 2.13. The van der Waals surface area contributed by atoms with Gasteiger partial charge in [-0.25, -0.2) is 8.42 Å². The highest BCUT2D eigenvalue weighted by atomic mass is 35.5. The van der Waals surface area contributed by atoms with Crippen molar-refractivity contribution in [2.45, 2.75) is 13.8 Å². The molecule has 0 aromatic heterocycles. The summed E-state index contributed by atoms with van der Waals surface area (Å²) in [4.78, 5) is 10.9. The van der Waals surface area contributed by atoms with Gasteiger partial charge in [0.1, 0.15) is 5.21 Å². The quantitative estimate of drug-likeness (QED) is 0.825. The second-order valence-electron chi connectivity index (χ2n) is 3.54. The Morgan fingerprint density at radius 1 is 1.41 bits per heavy atom. The number of aryl methyl sites for hydroxylation is 1. The number of sulfonamides is 1. The van der Waals surface area contributed by atoms with Crippen molar-refractivity contribution in [3.63, 3.8) is 0 Å². The van der Waals surface area contributed by atoms with Crippen LogP contribution in [0.4, 0.5) is 11.4 Å². The highest BCUT2D eigenvalue weighted by Gasteiger charge is 2.09. The molecular weight excluding hydrogens is 264 g/mol. The van der Waals surface area contributed by atoms with E-state index in [1.807, 2.05) is 0 Å². The first kappa shape index (κ1) is 13.8. The normalized spacial score (nSPS) is 11.0. The number of nitrogens with one attached hydrogen (secondary N) is 2. The van der Waals surface area contributed by atoms with Gasteiger partial charge in [-0.05, 0) is 30.7 Å². The van der Waals surface area contributed by atoms with E-state index in [0.29, 0.717) is 11.4 Å². The lowest BCUT2D eigenvalue weighted by Crippen LogP contribution is -2.14. The molecule has 0 saturated carbocycles. The van der Waals surface area contributed by atoms with Crippen molar-refractivity contribution in [1.82, 2.24) is 0 Å². The largest absolute Gasteiger partial charge is 0.326 e. The predicted octanol–water partition coefficient (Wildman–Crippen LogP) is 1.89.